The SMILES string of the molecule is Cn1ccc(CN2CCCC23CCN(C(=O)C2CC2)CC3)n1. The third kappa shape index (κ3) is 2.56. The number of carbonyl (C=O) groups is 1. The van der Waals surface area contributed by atoms with Crippen molar-refractivity contribution in [2.75, 3.05) is 19.6 Å². The first-order chi connectivity index (χ1) is 10.7. The normalized spacial score (nSPS) is 25.0. The van der Waals surface area contributed by atoms with Crippen molar-refractivity contribution >= 4 is 5.91 Å². The lowest BCUT2D eigenvalue weighted by Gasteiger charge is -2.45. The summed E-state index contributed by atoms with van der Waals surface area (Å²) in [5.74, 6) is 0.784. The van der Waals surface area contributed by atoms with E-state index in [1.54, 1.807) is 0 Å². The van der Waals surface area contributed by atoms with Gasteiger partial charge in [0.25, 0.3) is 0 Å². The van der Waals surface area contributed by atoms with E-state index in [2.05, 4.69) is 21.0 Å². The van der Waals surface area contributed by atoms with Crippen LogP contribution in [0.15, 0.2) is 12.3 Å². The molecule has 1 saturated carbocycles. The largest absolute Gasteiger partial charge is 0.342 e. The van der Waals surface area contributed by atoms with E-state index in [0.29, 0.717) is 17.4 Å². The summed E-state index contributed by atoms with van der Waals surface area (Å²) in [4.78, 5) is 17.0. The number of likely N-dealkylation sites (tertiary alicyclic amines) is 2. The lowest BCUT2D eigenvalue weighted by Crippen LogP contribution is -2.53. The summed E-state index contributed by atoms with van der Waals surface area (Å²) < 4.78 is 1.88. The fraction of sp³-hybridized carbons (Fsp3) is 0.765. The third-order valence-electron chi connectivity index (χ3n) is 5.80. The zero-order valence-electron chi connectivity index (χ0n) is 13.5. The molecule has 0 radical (unpaired) electrons. The second-order valence-corrected chi connectivity index (χ2v) is 7.33. The molecule has 5 heteroatoms. The van der Waals surface area contributed by atoms with E-state index < -0.39 is 0 Å². The second kappa shape index (κ2) is 5.37. The molecular formula is C17H26N4O. The van der Waals surface area contributed by atoms with E-state index in [1.165, 1.54) is 25.1 Å². The average molecular weight is 302 g/mol. The molecule has 1 aromatic rings. The highest BCUT2D eigenvalue weighted by Gasteiger charge is 2.45. The van der Waals surface area contributed by atoms with Gasteiger partial charge in [-0.2, -0.15) is 5.10 Å². The number of hydrogen-bond acceptors (Lipinski definition) is 3. The summed E-state index contributed by atoms with van der Waals surface area (Å²) >= 11 is 0. The lowest BCUT2D eigenvalue weighted by atomic mass is 9.84. The van der Waals surface area contributed by atoms with Gasteiger partial charge >= 0.3 is 0 Å². The minimum absolute atomic E-state index is 0.317. The van der Waals surface area contributed by atoms with Crippen molar-refractivity contribution in [3.8, 4) is 0 Å². The molecule has 0 unspecified atom stereocenters. The maximum Gasteiger partial charge on any atom is 0.225 e. The maximum atomic E-state index is 12.2. The molecule has 5 nitrogen and oxygen atoms in total. The highest BCUT2D eigenvalue weighted by molar-refractivity contribution is 5.81. The number of nitrogens with zero attached hydrogens (tertiary/aromatic N) is 4. The molecule has 3 fully saturated rings. The van der Waals surface area contributed by atoms with Crippen LogP contribution in [0, 0.1) is 5.92 Å². The van der Waals surface area contributed by atoms with Gasteiger partial charge in [-0.25, -0.2) is 0 Å². The van der Waals surface area contributed by atoms with Gasteiger partial charge in [0.15, 0.2) is 0 Å². The summed E-state index contributed by atoms with van der Waals surface area (Å²) in [5.41, 5.74) is 1.48. The maximum absolute atomic E-state index is 12.2. The van der Waals surface area contributed by atoms with Crippen LogP contribution in [0.3, 0.4) is 0 Å². The number of amides is 1. The molecule has 3 aliphatic rings. The Morgan fingerprint density at radius 2 is 2.05 bits per heavy atom. The smallest absolute Gasteiger partial charge is 0.225 e. The van der Waals surface area contributed by atoms with Gasteiger partial charge in [-0.1, -0.05) is 0 Å². The number of aryl methyl sites for hydroxylation is 1. The number of aromatic nitrogens is 2. The van der Waals surface area contributed by atoms with Crippen LogP contribution in [0.5, 0.6) is 0 Å². The van der Waals surface area contributed by atoms with Gasteiger partial charge in [-0.05, 0) is 51.1 Å². The molecular weight excluding hydrogens is 276 g/mol. The highest BCUT2D eigenvalue weighted by Crippen LogP contribution is 2.40. The molecule has 120 valence electrons. The first kappa shape index (κ1) is 14.2. The zero-order chi connectivity index (χ0) is 15.2. The van der Waals surface area contributed by atoms with Crippen molar-refractivity contribution in [3.63, 3.8) is 0 Å². The molecule has 2 aliphatic heterocycles. The van der Waals surface area contributed by atoms with Crippen molar-refractivity contribution in [1.82, 2.24) is 19.6 Å². The summed E-state index contributed by atoms with van der Waals surface area (Å²) in [5, 5.41) is 4.54. The van der Waals surface area contributed by atoms with Gasteiger partial charge < -0.3 is 4.90 Å². The minimum Gasteiger partial charge on any atom is -0.342 e. The molecule has 3 heterocycles. The molecule has 4 rings (SSSR count). The lowest BCUT2D eigenvalue weighted by molar-refractivity contribution is -0.135. The topological polar surface area (TPSA) is 41.4 Å². The molecule has 0 atom stereocenters. The molecule has 1 aromatic heterocycles. The van der Waals surface area contributed by atoms with Crippen LogP contribution in [0.25, 0.3) is 0 Å². The number of hydrogen-bond donors (Lipinski definition) is 0. The van der Waals surface area contributed by atoms with Crippen molar-refractivity contribution in [3.05, 3.63) is 18.0 Å². The standard InChI is InChI=1S/C17H26N4O/c1-19-10-5-15(18-19)13-21-9-2-6-17(21)7-11-20(12-8-17)16(22)14-3-4-14/h5,10,14H,2-4,6-9,11-13H2,1H3. The molecule has 0 aromatic carbocycles. The van der Waals surface area contributed by atoms with Crippen LogP contribution in [-0.2, 0) is 18.4 Å². The summed E-state index contributed by atoms with van der Waals surface area (Å²) in [6.07, 6.45) is 9.10. The van der Waals surface area contributed by atoms with Crippen LogP contribution < -0.4 is 0 Å². The van der Waals surface area contributed by atoms with Gasteiger partial charge in [0.1, 0.15) is 0 Å². The van der Waals surface area contributed by atoms with Crippen LogP contribution >= 0.6 is 0 Å². The molecule has 1 aliphatic carbocycles. The Morgan fingerprint density at radius 3 is 2.68 bits per heavy atom. The zero-order valence-corrected chi connectivity index (χ0v) is 13.5. The van der Waals surface area contributed by atoms with E-state index >= 15 is 0 Å². The molecule has 1 amide bonds. The molecule has 2 saturated heterocycles. The van der Waals surface area contributed by atoms with Crippen molar-refractivity contribution < 1.29 is 4.79 Å². The predicted octanol–water partition coefficient (Wildman–Crippen LogP) is 1.79. The third-order valence-corrected chi connectivity index (χ3v) is 5.80. The molecule has 0 N–H and O–H groups in total. The van der Waals surface area contributed by atoms with Gasteiger partial charge in [-0.3, -0.25) is 14.4 Å². The molecule has 1 spiro atoms. The summed E-state index contributed by atoms with van der Waals surface area (Å²) in [7, 11) is 1.98. The van der Waals surface area contributed by atoms with Crippen LogP contribution in [0.2, 0.25) is 0 Å². The molecule has 0 bridgehead atoms. The van der Waals surface area contributed by atoms with Gasteiger partial charge in [0.05, 0.1) is 5.69 Å². The summed E-state index contributed by atoms with van der Waals surface area (Å²) in [6.45, 7) is 4.03. The second-order valence-electron chi connectivity index (χ2n) is 7.33. The quantitative estimate of drug-likeness (QED) is 0.855. The number of rotatable bonds is 3. The van der Waals surface area contributed by atoms with E-state index in [-0.39, 0.29) is 0 Å². The van der Waals surface area contributed by atoms with Crippen molar-refractivity contribution in [2.45, 2.75) is 50.6 Å². The van der Waals surface area contributed by atoms with E-state index in [1.807, 2.05) is 17.9 Å². The Kier molecular flexibility index (Phi) is 3.48. The first-order valence-electron chi connectivity index (χ1n) is 8.69. The number of piperidine rings is 1. The Morgan fingerprint density at radius 1 is 1.27 bits per heavy atom. The van der Waals surface area contributed by atoms with Gasteiger partial charge in [0.2, 0.25) is 5.91 Å². The highest BCUT2D eigenvalue weighted by atomic mass is 16.2. The van der Waals surface area contributed by atoms with E-state index in [9.17, 15) is 4.79 Å². The van der Waals surface area contributed by atoms with Crippen LogP contribution in [-0.4, -0.2) is 50.7 Å². The minimum atomic E-state index is 0.317. The number of carbonyl (C=O) groups excluding carboxylic acids is 1. The van der Waals surface area contributed by atoms with Crippen molar-refractivity contribution in [1.29, 1.82) is 0 Å². The summed E-state index contributed by atoms with van der Waals surface area (Å²) in [6, 6.07) is 2.12. The Balaban J connectivity index is 1.41. The van der Waals surface area contributed by atoms with E-state index in [4.69, 9.17) is 0 Å². The van der Waals surface area contributed by atoms with Crippen molar-refractivity contribution in [2.24, 2.45) is 13.0 Å². The Labute approximate surface area is 132 Å². The monoisotopic (exact) mass is 302 g/mol. The fourth-order valence-electron chi connectivity index (χ4n) is 4.28. The Hall–Kier alpha value is -1.36. The Bertz CT molecular complexity index is 555. The van der Waals surface area contributed by atoms with Gasteiger partial charge in [-0.15, -0.1) is 0 Å². The van der Waals surface area contributed by atoms with Crippen LogP contribution in [0.4, 0.5) is 0 Å². The first-order valence-corrected chi connectivity index (χ1v) is 8.69. The van der Waals surface area contributed by atoms with Crippen LogP contribution in [0.1, 0.15) is 44.2 Å². The van der Waals surface area contributed by atoms with Gasteiger partial charge in [0, 0.05) is 44.3 Å². The average Bonchev–Trinajstić information content (AvgIpc) is 3.20. The predicted molar refractivity (Wildman–Crippen MR) is 84.1 cm³/mol. The van der Waals surface area contributed by atoms with E-state index in [0.717, 1.165) is 45.3 Å². The molecule has 22 heavy (non-hydrogen) atoms. The fourth-order valence-corrected chi connectivity index (χ4v) is 4.28.